The van der Waals surface area contributed by atoms with Crippen molar-refractivity contribution in [2.75, 3.05) is 18.9 Å². The monoisotopic (exact) mass is 440 g/mol. The Morgan fingerprint density at radius 3 is 2.29 bits per heavy atom. The van der Waals surface area contributed by atoms with Crippen LogP contribution in [0.4, 0.5) is 4.79 Å². The SMILES string of the molecule is O=C(N[C@@H](CS)C(=O)N1CCC[C@H]1C(=O)O)OCC1c2ccccc2-c2ccccc21. The van der Waals surface area contributed by atoms with Gasteiger partial charge >= 0.3 is 12.1 Å². The fourth-order valence-corrected chi connectivity index (χ4v) is 4.70. The molecule has 0 aromatic heterocycles. The number of rotatable bonds is 6. The van der Waals surface area contributed by atoms with Gasteiger partial charge in [-0.2, -0.15) is 12.6 Å². The summed E-state index contributed by atoms with van der Waals surface area (Å²) in [4.78, 5) is 37.9. The summed E-state index contributed by atoms with van der Waals surface area (Å²) < 4.78 is 5.49. The molecule has 0 unspecified atom stereocenters. The van der Waals surface area contributed by atoms with E-state index in [0.717, 1.165) is 22.3 Å². The second kappa shape index (κ2) is 9.01. The van der Waals surface area contributed by atoms with Crippen LogP contribution in [0.5, 0.6) is 0 Å². The van der Waals surface area contributed by atoms with E-state index in [1.165, 1.54) is 4.90 Å². The normalized spacial score (nSPS) is 18.2. The van der Waals surface area contributed by atoms with Crippen LogP contribution in [0.2, 0.25) is 0 Å². The summed E-state index contributed by atoms with van der Waals surface area (Å²) >= 11 is 4.17. The lowest BCUT2D eigenvalue weighted by Crippen LogP contribution is -2.52. The highest BCUT2D eigenvalue weighted by atomic mass is 32.1. The molecule has 162 valence electrons. The van der Waals surface area contributed by atoms with E-state index >= 15 is 0 Å². The Balaban J connectivity index is 1.41. The van der Waals surface area contributed by atoms with Crippen molar-refractivity contribution >= 4 is 30.6 Å². The zero-order valence-electron chi connectivity index (χ0n) is 16.9. The maximum absolute atomic E-state index is 12.8. The molecule has 0 bridgehead atoms. The van der Waals surface area contributed by atoms with E-state index in [1.54, 1.807) is 0 Å². The molecule has 2 atom stereocenters. The molecule has 2 aliphatic rings. The number of aliphatic carboxylic acids is 1. The fraction of sp³-hybridized carbons (Fsp3) is 0.348. The molecule has 1 heterocycles. The third-order valence-corrected chi connectivity index (χ3v) is 6.30. The Morgan fingerprint density at radius 2 is 1.71 bits per heavy atom. The lowest BCUT2D eigenvalue weighted by Gasteiger charge is -2.26. The van der Waals surface area contributed by atoms with Gasteiger partial charge in [0.1, 0.15) is 18.7 Å². The van der Waals surface area contributed by atoms with Gasteiger partial charge in [0.2, 0.25) is 5.91 Å². The van der Waals surface area contributed by atoms with Crippen LogP contribution in [0.25, 0.3) is 11.1 Å². The first kappa shape index (κ1) is 21.2. The number of alkyl carbamates (subject to hydrolysis) is 1. The Morgan fingerprint density at radius 1 is 1.10 bits per heavy atom. The van der Waals surface area contributed by atoms with Crippen molar-refractivity contribution in [1.82, 2.24) is 10.2 Å². The number of hydrogen-bond donors (Lipinski definition) is 3. The average Bonchev–Trinajstić information content (AvgIpc) is 3.39. The van der Waals surface area contributed by atoms with Crippen molar-refractivity contribution in [2.45, 2.75) is 30.8 Å². The Kier molecular flexibility index (Phi) is 6.18. The fourth-order valence-electron chi connectivity index (χ4n) is 4.46. The van der Waals surface area contributed by atoms with Gasteiger partial charge in [-0.3, -0.25) is 4.79 Å². The molecule has 2 aromatic carbocycles. The number of carbonyl (C=O) groups is 3. The summed E-state index contributed by atoms with van der Waals surface area (Å²) in [7, 11) is 0. The topological polar surface area (TPSA) is 95.9 Å². The molecule has 1 saturated heterocycles. The number of likely N-dealkylation sites (tertiary alicyclic amines) is 1. The van der Waals surface area contributed by atoms with E-state index in [9.17, 15) is 19.5 Å². The van der Waals surface area contributed by atoms with Crippen molar-refractivity contribution in [3.63, 3.8) is 0 Å². The number of nitrogens with zero attached hydrogens (tertiary/aromatic N) is 1. The minimum absolute atomic E-state index is 0.0475. The van der Waals surface area contributed by atoms with Gasteiger partial charge in [0.15, 0.2) is 0 Å². The van der Waals surface area contributed by atoms with Gasteiger partial charge in [-0.15, -0.1) is 0 Å². The van der Waals surface area contributed by atoms with Crippen LogP contribution >= 0.6 is 12.6 Å². The number of carboxylic acids is 1. The van der Waals surface area contributed by atoms with Crippen molar-refractivity contribution in [2.24, 2.45) is 0 Å². The largest absolute Gasteiger partial charge is 0.480 e. The minimum atomic E-state index is -1.04. The molecule has 2 amide bonds. The van der Waals surface area contributed by atoms with E-state index < -0.39 is 30.1 Å². The molecule has 2 aromatic rings. The first-order chi connectivity index (χ1) is 15.0. The van der Waals surface area contributed by atoms with Crippen molar-refractivity contribution in [3.05, 3.63) is 59.7 Å². The third kappa shape index (κ3) is 4.12. The average molecular weight is 441 g/mol. The van der Waals surface area contributed by atoms with Gasteiger partial charge in [0, 0.05) is 18.2 Å². The number of ether oxygens (including phenoxy) is 1. The molecular weight excluding hydrogens is 416 g/mol. The van der Waals surface area contributed by atoms with Gasteiger partial charge in [0.05, 0.1) is 0 Å². The number of fused-ring (bicyclic) bond motifs is 3. The quantitative estimate of drug-likeness (QED) is 0.601. The highest BCUT2D eigenvalue weighted by Crippen LogP contribution is 2.44. The van der Waals surface area contributed by atoms with Crippen molar-refractivity contribution in [1.29, 1.82) is 0 Å². The third-order valence-electron chi connectivity index (χ3n) is 5.94. The highest BCUT2D eigenvalue weighted by Gasteiger charge is 2.37. The Bertz CT molecular complexity index is 965. The minimum Gasteiger partial charge on any atom is -0.480 e. The van der Waals surface area contributed by atoms with Crippen molar-refractivity contribution in [3.8, 4) is 11.1 Å². The van der Waals surface area contributed by atoms with Crippen LogP contribution in [-0.2, 0) is 14.3 Å². The second-order valence-corrected chi connectivity index (χ2v) is 8.10. The van der Waals surface area contributed by atoms with Gasteiger partial charge in [0.25, 0.3) is 0 Å². The Hall–Kier alpha value is -3.00. The van der Waals surface area contributed by atoms with Crippen LogP contribution in [0, 0.1) is 0 Å². The first-order valence-electron chi connectivity index (χ1n) is 10.3. The van der Waals surface area contributed by atoms with Gasteiger partial charge < -0.3 is 20.1 Å². The van der Waals surface area contributed by atoms with Crippen LogP contribution in [0.3, 0.4) is 0 Å². The predicted octanol–water partition coefficient (Wildman–Crippen LogP) is 2.90. The van der Waals surface area contributed by atoms with E-state index in [0.29, 0.717) is 19.4 Å². The Labute approximate surface area is 185 Å². The van der Waals surface area contributed by atoms with Gasteiger partial charge in [-0.1, -0.05) is 48.5 Å². The van der Waals surface area contributed by atoms with E-state index in [1.807, 2.05) is 36.4 Å². The molecule has 4 rings (SSSR count). The summed E-state index contributed by atoms with van der Waals surface area (Å²) in [6, 6.07) is 14.2. The number of amides is 2. The molecule has 1 aliphatic heterocycles. The van der Waals surface area contributed by atoms with E-state index in [2.05, 4.69) is 30.1 Å². The number of nitrogens with one attached hydrogen (secondary N) is 1. The van der Waals surface area contributed by atoms with E-state index in [-0.39, 0.29) is 18.3 Å². The first-order valence-corrected chi connectivity index (χ1v) is 10.9. The van der Waals surface area contributed by atoms with Gasteiger partial charge in [-0.05, 0) is 35.1 Å². The molecule has 8 heteroatoms. The summed E-state index contributed by atoms with van der Waals surface area (Å²) in [6.07, 6.45) is 0.304. The number of thiol groups is 1. The maximum atomic E-state index is 12.8. The number of carboxylic acid groups (broad SMARTS) is 1. The molecule has 0 radical (unpaired) electrons. The standard InChI is InChI=1S/C23H24N2O5S/c26-21(25-11-5-10-20(25)22(27)28)19(13-31)24-23(29)30-12-18-16-8-3-1-6-14(16)15-7-2-4-9-17(15)18/h1-4,6-9,18-20,31H,5,10-13H2,(H,24,29)(H,27,28)/t19-,20-/m0/s1. The molecule has 2 N–H and O–H groups in total. The molecule has 7 nitrogen and oxygen atoms in total. The van der Waals surface area contributed by atoms with Crippen LogP contribution in [0.15, 0.2) is 48.5 Å². The van der Waals surface area contributed by atoms with E-state index in [4.69, 9.17) is 4.74 Å². The number of benzene rings is 2. The summed E-state index contributed by atoms with van der Waals surface area (Å²) in [5.41, 5.74) is 4.45. The summed E-state index contributed by atoms with van der Waals surface area (Å²) in [5.74, 6) is -1.53. The molecule has 0 saturated carbocycles. The summed E-state index contributed by atoms with van der Waals surface area (Å²) in [5, 5.41) is 11.9. The smallest absolute Gasteiger partial charge is 0.407 e. The second-order valence-electron chi connectivity index (χ2n) is 7.73. The molecular formula is C23H24N2O5S. The molecule has 1 aliphatic carbocycles. The summed E-state index contributed by atoms with van der Waals surface area (Å²) in [6.45, 7) is 0.487. The zero-order valence-corrected chi connectivity index (χ0v) is 17.8. The zero-order chi connectivity index (χ0) is 22.0. The highest BCUT2D eigenvalue weighted by molar-refractivity contribution is 7.80. The molecule has 31 heavy (non-hydrogen) atoms. The molecule has 1 fully saturated rings. The molecule has 0 spiro atoms. The lowest BCUT2D eigenvalue weighted by atomic mass is 9.98. The number of carbonyl (C=O) groups excluding carboxylic acids is 2. The predicted molar refractivity (Wildman–Crippen MR) is 118 cm³/mol. The van der Waals surface area contributed by atoms with Crippen molar-refractivity contribution < 1.29 is 24.2 Å². The van der Waals surface area contributed by atoms with Crippen LogP contribution in [-0.4, -0.2) is 59.0 Å². The maximum Gasteiger partial charge on any atom is 0.407 e. The lowest BCUT2D eigenvalue weighted by molar-refractivity contribution is -0.148. The number of hydrogen-bond acceptors (Lipinski definition) is 5. The van der Waals surface area contributed by atoms with Crippen LogP contribution in [0.1, 0.15) is 29.9 Å². The van der Waals surface area contributed by atoms with Crippen LogP contribution < -0.4 is 5.32 Å². The van der Waals surface area contributed by atoms with Gasteiger partial charge in [-0.25, -0.2) is 9.59 Å².